The third-order valence-corrected chi connectivity index (χ3v) is 11.3. The number of primary sulfonamides is 1. The number of benzene rings is 1. The van der Waals surface area contributed by atoms with Crippen LogP contribution in [-0.4, -0.2) is 38.4 Å². The van der Waals surface area contributed by atoms with Crippen molar-refractivity contribution >= 4 is 28.2 Å². The minimum absolute atomic E-state index is 0.0151. The van der Waals surface area contributed by atoms with Gasteiger partial charge in [0.2, 0.25) is 10.0 Å². The lowest BCUT2D eigenvalue weighted by Crippen LogP contribution is -2.62. The molecule has 1 aromatic carbocycles. The fourth-order valence-corrected chi connectivity index (χ4v) is 9.54. The molecule has 4 aliphatic rings. The molecule has 4 aliphatic carbocycles. The number of hydrogen-bond donors (Lipinski definition) is 2. The highest BCUT2D eigenvalue weighted by Crippen LogP contribution is 2.83. The van der Waals surface area contributed by atoms with Gasteiger partial charge in [0.05, 0.1) is 22.5 Å². The Labute approximate surface area is 217 Å². The Kier molecular flexibility index (Phi) is 5.99. The van der Waals surface area contributed by atoms with Gasteiger partial charge < -0.3 is 14.6 Å². The molecule has 0 saturated heterocycles. The molecule has 0 heterocycles. The third-order valence-electron chi connectivity index (χ3n) is 10.3. The SMILES string of the molecule is CC(C)C1=CC2CC3(C=O)C4CC[C@@H](C)C4CC2(CCOC(=O)c2ccc(S(N)(=O)=O)cc2)C13C(=O)O. The van der Waals surface area contributed by atoms with Crippen LogP contribution < -0.4 is 5.14 Å². The molecular weight excluding hydrogens is 494 g/mol. The van der Waals surface area contributed by atoms with Crippen molar-refractivity contribution in [3.8, 4) is 0 Å². The molecule has 200 valence electrons. The molecule has 6 unspecified atom stereocenters. The first-order valence-corrected chi connectivity index (χ1v) is 14.6. The summed E-state index contributed by atoms with van der Waals surface area (Å²) in [6.07, 6.45) is 6.57. The van der Waals surface area contributed by atoms with Crippen molar-refractivity contribution in [1.82, 2.24) is 0 Å². The number of carboxylic acids is 1. The number of sulfonamides is 1. The van der Waals surface area contributed by atoms with Crippen molar-refractivity contribution in [2.75, 3.05) is 6.61 Å². The average molecular weight is 530 g/mol. The summed E-state index contributed by atoms with van der Waals surface area (Å²) in [7, 11) is -3.88. The average Bonchev–Trinajstić information content (AvgIpc) is 3.41. The summed E-state index contributed by atoms with van der Waals surface area (Å²) in [5.41, 5.74) is -1.90. The molecule has 0 radical (unpaired) electrons. The number of fused-ring (bicyclic) bond motifs is 2. The van der Waals surface area contributed by atoms with Crippen LogP contribution in [0.5, 0.6) is 0 Å². The lowest BCUT2D eigenvalue weighted by atomic mass is 9.42. The molecular formula is C28H35NO7S. The van der Waals surface area contributed by atoms with Crippen LogP contribution in [0.3, 0.4) is 0 Å². The fourth-order valence-electron chi connectivity index (χ4n) is 9.02. The normalized spacial score (nSPS) is 37.8. The first-order valence-electron chi connectivity index (χ1n) is 13.1. The van der Waals surface area contributed by atoms with Gasteiger partial charge in [0.1, 0.15) is 11.7 Å². The minimum atomic E-state index is -3.88. The zero-order valence-electron chi connectivity index (χ0n) is 21.5. The largest absolute Gasteiger partial charge is 0.481 e. The topological polar surface area (TPSA) is 141 Å². The maximum absolute atomic E-state index is 13.4. The van der Waals surface area contributed by atoms with Crippen molar-refractivity contribution in [1.29, 1.82) is 0 Å². The molecule has 3 N–H and O–H groups in total. The van der Waals surface area contributed by atoms with Gasteiger partial charge in [-0.3, -0.25) is 4.79 Å². The van der Waals surface area contributed by atoms with Crippen LogP contribution in [0.25, 0.3) is 0 Å². The summed E-state index contributed by atoms with van der Waals surface area (Å²) in [5.74, 6) is -0.890. The zero-order valence-corrected chi connectivity index (χ0v) is 22.3. The van der Waals surface area contributed by atoms with Crippen LogP contribution >= 0.6 is 0 Å². The Morgan fingerprint density at radius 1 is 1.19 bits per heavy atom. The second kappa shape index (κ2) is 8.50. The predicted molar refractivity (Wildman–Crippen MR) is 135 cm³/mol. The van der Waals surface area contributed by atoms with Crippen molar-refractivity contribution in [3.63, 3.8) is 0 Å². The van der Waals surface area contributed by atoms with Gasteiger partial charge >= 0.3 is 11.9 Å². The smallest absolute Gasteiger partial charge is 0.338 e. The van der Waals surface area contributed by atoms with Gasteiger partial charge in [-0.25, -0.2) is 18.4 Å². The Morgan fingerprint density at radius 3 is 2.43 bits per heavy atom. The van der Waals surface area contributed by atoms with E-state index in [0.29, 0.717) is 25.2 Å². The number of carboxylic acid groups (broad SMARTS) is 1. The first kappa shape index (κ1) is 26.1. The van der Waals surface area contributed by atoms with E-state index in [2.05, 4.69) is 13.0 Å². The van der Waals surface area contributed by atoms with Crippen LogP contribution in [0.15, 0.2) is 40.8 Å². The van der Waals surface area contributed by atoms with E-state index in [1.165, 1.54) is 24.3 Å². The number of nitrogens with two attached hydrogens (primary N) is 1. The van der Waals surface area contributed by atoms with Crippen LogP contribution in [0.1, 0.15) is 63.2 Å². The maximum Gasteiger partial charge on any atom is 0.338 e. The van der Waals surface area contributed by atoms with E-state index >= 15 is 0 Å². The number of carbonyl (C=O) groups excluding carboxylic acids is 2. The number of carbonyl (C=O) groups is 3. The summed E-state index contributed by atoms with van der Waals surface area (Å²) >= 11 is 0. The number of esters is 1. The molecule has 0 aliphatic heterocycles. The highest BCUT2D eigenvalue weighted by atomic mass is 32.2. The van der Waals surface area contributed by atoms with Gasteiger partial charge in [-0.1, -0.05) is 38.8 Å². The van der Waals surface area contributed by atoms with Crippen molar-refractivity contribution in [2.24, 2.45) is 51.0 Å². The van der Waals surface area contributed by atoms with E-state index in [-0.39, 0.29) is 40.7 Å². The fraction of sp³-hybridized carbons (Fsp3) is 0.607. The highest BCUT2D eigenvalue weighted by molar-refractivity contribution is 7.89. The Hall–Kier alpha value is -2.52. The molecule has 1 aromatic rings. The summed E-state index contributed by atoms with van der Waals surface area (Å²) in [6.45, 7) is 6.22. The second-order valence-corrected chi connectivity index (χ2v) is 13.5. The van der Waals surface area contributed by atoms with E-state index in [0.717, 1.165) is 24.7 Å². The second-order valence-electron chi connectivity index (χ2n) is 11.9. The van der Waals surface area contributed by atoms with E-state index in [1.54, 1.807) is 0 Å². The van der Waals surface area contributed by atoms with Gasteiger partial charge in [0, 0.05) is 5.41 Å². The number of aldehydes is 1. The number of hydrogen-bond acceptors (Lipinski definition) is 6. The van der Waals surface area contributed by atoms with Gasteiger partial charge in [-0.2, -0.15) is 0 Å². The van der Waals surface area contributed by atoms with Crippen LogP contribution in [0, 0.1) is 45.8 Å². The monoisotopic (exact) mass is 529 g/mol. The number of aliphatic carboxylic acids is 1. The summed E-state index contributed by atoms with van der Waals surface area (Å²) in [5, 5.41) is 16.1. The summed E-state index contributed by atoms with van der Waals surface area (Å²) < 4.78 is 28.6. The summed E-state index contributed by atoms with van der Waals surface area (Å²) in [4.78, 5) is 39.1. The van der Waals surface area contributed by atoms with Crippen LogP contribution in [-0.2, 0) is 24.3 Å². The number of ether oxygens (including phenoxy) is 1. The van der Waals surface area contributed by atoms with Crippen molar-refractivity contribution in [2.45, 2.75) is 57.8 Å². The molecule has 0 aromatic heterocycles. The molecule has 8 nitrogen and oxygen atoms in total. The third kappa shape index (κ3) is 3.29. The molecule has 3 fully saturated rings. The van der Waals surface area contributed by atoms with E-state index < -0.39 is 38.2 Å². The molecule has 0 spiro atoms. The zero-order chi connectivity index (χ0) is 27.0. The molecule has 0 amide bonds. The maximum atomic E-state index is 13.4. The number of rotatable bonds is 8. The Morgan fingerprint density at radius 2 is 1.86 bits per heavy atom. The molecule has 37 heavy (non-hydrogen) atoms. The predicted octanol–water partition coefficient (Wildman–Crippen LogP) is 3.81. The molecule has 7 atom stereocenters. The van der Waals surface area contributed by atoms with Gasteiger partial charge in [-0.05, 0) is 79.5 Å². The number of allylic oxidation sites excluding steroid dienone is 1. The van der Waals surface area contributed by atoms with Crippen molar-refractivity contribution < 1.29 is 32.6 Å². The Bertz CT molecular complexity index is 1290. The summed E-state index contributed by atoms with van der Waals surface area (Å²) in [6, 6.07) is 5.20. The van der Waals surface area contributed by atoms with E-state index in [4.69, 9.17) is 9.88 Å². The lowest BCUT2D eigenvalue weighted by Gasteiger charge is -2.58. The Balaban J connectivity index is 1.47. The highest BCUT2D eigenvalue weighted by Gasteiger charge is 2.83. The van der Waals surface area contributed by atoms with Gasteiger partial charge in [0.15, 0.2) is 0 Å². The molecule has 9 heteroatoms. The van der Waals surface area contributed by atoms with Gasteiger partial charge in [-0.15, -0.1) is 0 Å². The quantitative estimate of drug-likeness (QED) is 0.296. The molecule has 3 saturated carbocycles. The van der Waals surface area contributed by atoms with Gasteiger partial charge in [0.25, 0.3) is 0 Å². The standard InChI is InChI=1S/C28H35NO7S/c1-16(2)23-12-19-13-27(15-30)22-9-4-17(3)21(22)14-26(19,28(23,27)25(32)33)10-11-36-24(31)18-5-7-20(8-6-18)37(29,34)35/h5-8,12,15-17,19,21-22H,4,9-11,13-14H2,1-3H3,(H,32,33)(H2,29,34,35)/t17-,19?,21?,22?,26?,27?,28?/m1/s1. The van der Waals surface area contributed by atoms with Crippen molar-refractivity contribution in [3.05, 3.63) is 41.5 Å². The molecule has 5 rings (SSSR count). The van der Waals surface area contributed by atoms with E-state index in [9.17, 15) is 27.9 Å². The molecule has 4 bridgehead atoms. The van der Waals surface area contributed by atoms with Crippen LogP contribution in [0.2, 0.25) is 0 Å². The minimum Gasteiger partial charge on any atom is -0.481 e. The lowest BCUT2D eigenvalue weighted by molar-refractivity contribution is -0.181. The first-order chi connectivity index (χ1) is 17.4. The van der Waals surface area contributed by atoms with Crippen LogP contribution in [0.4, 0.5) is 0 Å². The van der Waals surface area contributed by atoms with E-state index in [1.807, 2.05) is 13.8 Å².